The van der Waals surface area contributed by atoms with Gasteiger partial charge in [0.1, 0.15) is 6.23 Å². The van der Waals surface area contributed by atoms with E-state index < -0.39 is 27.2 Å². The smallest absolute Gasteiger partial charge is 0.465 e. The highest BCUT2D eigenvalue weighted by molar-refractivity contribution is 6.60. The molecule has 0 radical (unpaired) electrons. The first-order chi connectivity index (χ1) is 20.3. The second-order valence-corrected chi connectivity index (χ2v) is 15.2. The molecule has 0 saturated heterocycles. The van der Waals surface area contributed by atoms with E-state index >= 15 is 0 Å². The predicted molar refractivity (Wildman–Crippen MR) is 167 cm³/mol. The zero-order chi connectivity index (χ0) is 32.5. The Bertz CT molecular complexity index is 821. The Hall–Kier alpha value is -1.41. The molecule has 1 saturated carbocycles. The zero-order valence-electron chi connectivity index (χ0n) is 28.2. The summed E-state index contributed by atoms with van der Waals surface area (Å²) in [7, 11) is 0.434. The fourth-order valence-corrected chi connectivity index (χ4v) is 9.22. The Morgan fingerprint density at radius 2 is 1.56 bits per heavy atom. The van der Waals surface area contributed by atoms with Gasteiger partial charge in [-0.3, -0.25) is 4.90 Å². The van der Waals surface area contributed by atoms with E-state index in [1.54, 1.807) is 20.3 Å². The van der Waals surface area contributed by atoms with Crippen LogP contribution in [-0.2, 0) is 32.3 Å². The van der Waals surface area contributed by atoms with Crippen LogP contribution in [-0.4, -0.2) is 128 Å². The summed E-state index contributed by atoms with van der Waals surface area (Å²) < 4.78 is 35.3. The largest absolute Gasteiger partial charge is 0.501 e. The summed E-state index contributed by atoms with van der Waals surface area (Å²) in [6.07, 6.45) is 2.96. The fourth-order valence-electron chi connectivity index (χ4n) is 6.64. The summed E-state index contributed by atoms with van der Waals surface area (Å²) in [5.41, 5.74) is -0.478. The summed E-state index contributed by atoms with van der Waals surface area (Å²) in [5, 5.41) is 10.5. The third kappa shape index (κ3) is 13.6. The molecule has 252 valence electrons. The van der Waals surface area contributed by atoms with E-state index in [0.29, 0.717) is 71.6 Å². The van der Waals surface area contributed by atoms with E-state index in [-0.39, 0.29) is 23.4 Å². The van der Waals surface area contributed by atoms with E-state index in [9.17, 15) is 14.7 Å². The van der Waals surface area contributed by atoms with Crippen LogP contribution in [0.15, 0.2) is 4.99 Å². The summed E-state index contributed by atoms with van der Waals surface area (Å²) in [4.78, 5) is 31.6. The number of ether oxygens (including phenoxy) is 3. The molecule has 0 aromatic rings. The Labute approximate surface area is 260 Å². The van der Waals surface area contributed by atoms with Crippen LogP contribution in [0.2, 0.25) is 6.04 Å². The van der Waals surface area contributed by atoms with Gasteiger partial charge in [-0.05, 0) is 64.2 Å². The standard InChI is InChI=1S/C30H59N3O9Si/c1-10-40-43(41-11-2,42-12-3)19-13-16-39-27(32(14-17-37-8)15-18-38-9)25(4)33(28(35)36)23-30(7)21-26(31-24-34)20-29(5,6)22-30/h25-27H,10-23H2,1-9H3,(H,35,36). The number of nitrogens with zero attached hydrogens (tertiary/aromatic N) is 3. The van der Waals surface area contributed by atoms with Gasteiger partial charge < -0.3 is 37.5 Å². The maximum atomic E-state index is 12.8. The van der Waals surface area contributed by atoms with Crippen molar-refractivity contribution in [2.24, 2.45) is 15.8 Å². The van der Waals surface area contributed by atoms with E-state index in [4.69, 9.17) is 27.5 Å². The molecule has 4 atom stereocenters. The minimum absolute atomic E-state index is 0.0949. The number of rotatable bonds is 23. The van der Waals surface area contributed by atoms with Gasteiger partial charge in [0, 0.05) is 66.3 Å². The van der Waals surface area contributed by atoms with Crippen LogP contribution in [0.1, 0.15) is 74.1 Å². The number of hydrogen-bond donors (Lipinski definition) is 1. The van der Waals surface area contributed by atoms with Gasteiger partial charge in [0.15, 0.2) is 0 Å². The molecule has 1 amide bonds. The molecular formula is C30H59N3O9Si. The number of carbonyl (C=O) groups is 1. The van der Waals surface area contributed by atoms with Crippen molar-refractivity contribution in [3.05, 3.63) is 0 Å². The monoisotopic (exact) mass is 633 g/mol. The van der Waals surface area contributed by atoms with Crippen molar-refractivity contribution in [3.63, 3.8) is 0 Å². The molecular weight excluding hydrogens is 574 g/mol. The molecule has 13 heteroatoms. The molecule has 1 N–H and O–H groups in total. The summed E-state index contributed by atoms with van der Waals surface area (Å²) >= 11 is 0. The molecule has 1 rings (SSSR count). The van der Waals surface area contributed by atoms with Crippen molar-refractivity contribution in [3.8, 4) is 0 Å². The molecule has 1 aliphatic carbocycles. The molecule has 12 nitrogen and oxygen atoms in total. The van der Waals surface area contributed by atoms with Gasteiger partial charge >= 0.3 is 14.9 Å². The lowest BCUT2D eigenvalue weighted by Crippen LogP contribution is -2.57. The number of carboxylic acid groups (broad SMARTS) is 1. The molecule has 4 unspecified atom stereocenters. The summed E-state index contributed by atoms with van der Waals surface area (Å²) in [5.74, 6) is 0. The minimum Gasteiger partial charge on any atom is -0.465 e. The third-order valence-corrected chi connectivity index (χ3v) is 11.0. The van der Waals surface area contributed by atoms with Crippen LogP contribution in [0.4, 0.5) is 4.79 Å². The first-order valence-corrected chi connectivity index (χ1v) is 17.6. The summed E-state index contributed by atoms with van der Waals surface area (Å²) in [6.45, 7) is 18.2. The van der Waals surface area contributed by atoms with Crippen molar-refractivity contribution < 1.29 is 42.2 Å². The highest BCUT2D eigenvalue weighted by Crippen LogP contribution is 2.47. The molecule has 0 bridgehead atoms. The van der Waals surface area contributed by atoms with Crippen LogP contribution in [0.5, 0.6) is 0 Å². The van der Waals surface area contributed by atoms with E-state index in [1.807, 2.05) is 27.7 Å². The fraction of sp³-hybridized carbons (Fsp3) is 0.933. The van der Waals surface area contributed by atoms with Gasteiger partial charge in [-0.15, -0.1) is 0 Å². The number of aliphatic imine (C=N–C) groups is 1. The zero-order valence-corrected chi connectivity index (χ0v) is 29.2. The van der Waals surface area contributed by atoms with Crippen molar-refractivity contribution in [2.45, 2.75) is 98.5 Å². The maximum absolute atomic E-state index is 12.8. The van der Waals surface area contributed by atoms with Crippen LogP contribution >= 0.6 is 0 Å². The lowest BCUT2D eigenvalue weighted by atomic mass is 9.62. The SMILES string of the molecule is CCO[Si](CCCOC(C(C)N(CC1(C)CC(N=C=O)CC(C)(C)C1)C(=O)O)N(CCOC)CCOC)(OCC)OCC. The number of hydrogen-bond acceptors (Lipinski definition) is 10. The van der Waals surface area contributed by atoms with Gasteiger partial charge in [0.05, 0.1) is 25.3 Å². The molecule has 0 spiro atoms. The number of isocyanates is 1. The molecule has 1 fully saturated rings. The molecule has 0 heterocycles. The van der Waals surface area contributed by atoms with E-state index in [1.165, 1.54) is 4.90 Å². The summed E-state index contributed by atoms with van der Waals surface area (Å²) in [6, 6.07) is -0.114. The minimum atomic E-state index is -2.84. The molecule has 0 aromatic carbocycles. The Balaban J connectivity index is 3.27. The van der Waals surface area contributed by atoms with Crippen LogP contribution in [0.25, 0.3) is 0 Å². The van der Waals surface area contributed by atoms with Crippen molar-refractivity contribution in [2.75, 3.05) is 73.5 Å². The van der Waals surface area contributed by atoms with Gasteiger partial charge in [-0.25, -0.2) is 14.6 Å². The normalized spacial score (nSPS) is 21.8. The molecule has 0 aromatic heterocycles. The van der Waals surface area contributed by atoms with E-state index in [0.717, 1.165) is 12.8 Å². The molecule has 43 heavy (non-hydrogen) atoms. The second kappa shape index (κ2) is 19.9. The topological polar surface area (TPSA) is 129 Å². The predicted octanol–water partition coefficient (Wildman–Crippen LogP) is 4.65. The quantitative estimate of drug-likeness (QED) is 0.0558. The second-order valence-electron chi connectivity index (χ2n) is 12.5. The van der Waals surface area contributed by atoms with Gasteiger partial charge in [0.25, 0.3) is 0 Å². The number of amides is 1. The number of carbonyl (C=O) groups excluding carboxylic acids is 1. The van der Waals surface area contributed by atoms with Gasteiger partial charge in [-0.2, -0.15) is 0 Å². The third-order valence-electron chi connectivity index (χ3n) is 7.89. The Morgan fingerprint density at radius 1 is 1.00 bits per heavy atom. The maximum Gasteiger partial charge on any atom is 0.501 e. The lowest BCUT2D eigenvalue weighted by Gasteiger charge is -2.48. The van der Waals surface area contributed by atoms with Crippen molar-refractivity contribution >= 4 is 21.0 Å². The number of methoxy groups -OCH3 is 2. The average molecular weight is 634 g/mol. The Morgan fingerprint density at radius 3 is 2.02 bits per heavy atom. The van der Waals surface area contributed by atoms with Crippen LogP contribution in [0.3, 0.4) is 0 Å². The molecule has 0 aliphatic heterocycles. The first kappa shape index (κ1) is 39.6. The van der Waals surface area contributed by atoms with Gasteiger partial charge in [0.2, 0.25) is 6.08 Å². The van der Waals surface area contributed by atoms with Crippen molar-refractivity contribution in [1.29, 1.82) is 0 Å². The average Bonchev–Trinajstić information content (AvgIpc) is 2.91. The highest BCUT2D eigenvalue weighted by atomic mass is 28.4. The van der Waals surface area contributed by atoms with Gasteiger partial charge in [-0.1, -0.05) is 20.8 Å². The molecule has 1 aliphatic rings. The lowest BCUT2D eigenvalue weighted by molar-refractivity contribution is -0.113. The van der Waals surface area contributed by atoms with Crippen molar-refractivity contribution in [1.82, 2.24) is 9.80 Å². The first-order valence-electron chi connectivity index (χ1n) is 15.7. The Kier molecular flexibility index (Phi) is 18.3. The van der Waals surface area contributed by atoms with E-state index in [2.05, 4.69) is 30.7 Å². The van der Waals surface area contributed by atoms with Crippen LogP contribution < -0.4 is 0 Å². The highest BCUT2D eigenvalue weighted by Gasteiger charge is 2.45. The van der Waals surface area contributed by atoms with Crippen LogP contribution in [0, 0.1) is 10.8 Å².